The number of fused-ring (bicyclic) bond motifs is 2. The third-order valence-corrected chi connectivity index (χ3v) is 16.5. The Hall–Kier alpha value is -8.70. The minimum absolute atomic E-state index is 0.00925. The maximum absolute atomic E-state index is 14.4. The Kier molecular flexibility index (Phi) is 17.4. The summed E-state index contributed by atoms with van der Waals surface area (Å²) in [5, 5.41) is 39.2. The van der Waals surface area contributed by atoms with Crippen molar-refractivity contribution < 1.29 is 37.3 Å². The molecule has 2 amide bonds. The maximum atomic E-state index is 14.4. The highest BCUT2D eigenvalue weighted by Crippen LogP contribution is 2.37. The number of hydrogen-bond acceptors (Lipinski definition) is 18. The van der Waals surface area contributed by atoms with Gasteiger partial charge in [0.05, 0.1) is 101 Å². The number of rotatable bonds is 18. The van der Waals surface area contributed by atoms with Crippen molar-refractivity contribution in [3.63, 3.8) is 0 Å². The number of carbonyl (C=O) groups excluding carboxylic acids is 2. The van der Waals surface area contributed by atoms with Crippen LogP contribution in [0, 0.1) is 48.1 Å². The van der Waals surface area contributed by atoms with Gasteiger partial charge in [0.2, 0.25) is 11.8 Å². The number of nitriles is 2. The lowest BCUT2D eigenvalue weighted by Crippen LogP contribution is -2.49. The molecule has 0 spiro atoms. The number of likely N-dealkylation sites (N-methyl/N-ethyl adjacent to an activating group) is 1. The van der Waals surface area contributed by atoms with Crippen molar-refractivity contribution in [2.45, 2.75) is 89.8 Å². The summed E-state index contributed by atoms with van der Waals surface area (Å²) in [5.74, 6) is -1.14. The van der Waals surface area contributed by atoms with Crippen LogP contribution in [-0.2, 0) is 32.2 Å². The molecule has 0 unspecified atom stereocenters. The SMILES string of the molecule is COc1ccc(F)cc1[C@H](Cn1c(=O)n([C@H]2CCCN(C)C2=O)c(=O)c2c(C)c(-n3nccn3)sc21)OCCC#N.COc1ccc(F)cc1[C@H](Cn1c(=O)n([C@H]2CCCNC2=O)c(=O)c2c(C)c(-n3nccn3)sc21)OCCC#N. The summed E-state index contributed by atoms with van der Waals surface area (Å²) in [6, 6.07) is 9.96. The monoisotopic (exact) mass is 1150 g/mol. The Morgan fingerprint density at radius 3 is 1.56 bits per heavy atom. The summed E-state index contributed by atoms with van der Waals surface area (Å²) < 4.78 is 56.5. The second-order valence-electron chi connectivity index (χ2n) is 18.9. The third kappa shape index (κ3) is 11.3. The number of halogens is 2. The van der Waals surface area contributed by atoms with E-state index in [1.807, 2.05) is 12.1 Å². The zero-order chi connectivity index (χ0) is 57.6. The van der Waals surface area contributed by atoms with Crippen molar-refractivity contribution >= 4 is 54.9 Å². The maximum Gasteiger partial charge on any atom is 0.332 e. The molecule has 0 bridgehead atoms. The van der Waals surface area contributed by atoms with E-state index >= 15 is 0 Å². The molecule has 0 aliphatic carbocycles. The van der Waals surface area contributed by atoms with Crippen LogP contribution in [0.25, 0.3) is 30.4 Å². The van der Waals surface area contributed by atoms with Gasteiger partial charge in [-0.05, 0) is 75.9 Å². The first-order valence-electron chi connectivity index (χ1n) is 25.6. The van der Waals surface area contributed by atoms with Crippen LogP contribution in [0.5, 0.6) is 11.5 Å². The van der Waals surface area contributed by atoms with Crippen LogP contribution >= 0.6 is 22.7 Å². The number of carbonyl (C=O) groups is 2. The van der Waals surface area contributed by atoms with Gasteiger partial charge in [-0.25, -0.2) is 27.5 Å². The van der Waals surface area contributed by atoms with Gasteiger partial charge in [0.1, 0.15) is 67.1 Å². The van der Waals surface area contributed by atoms with Gasteiger partial charge in [0.15, 0.2) is 0 Å². The Morgan fingerprint density at radius 1 is 0.679 bits per heavy atom. The zero-order valence-corrected chi connectivity index (χ0v) is 46.2. The fraction of sp³-hybridized carbons (Fsp3) is 0.396. The molecule has 2 aliphatic rings. The van der Waals surface area contributed by atoms with Crippen LogP contribution in [0.2, 0.25) is 0 Å². The number of aromatic nitrogens is 10. The Labute approximate surface area is 467 Å². The van der Waals surface area contributed by atoms with Crippen molar-refractivity contribution in [1.82, 2.24) is 58.5 Å². The lowest BCUT2D eigenvalue weighted by molar-refractivity contribution is -0.136. The molecule has 2 aliphatic heterocycles. The number of likely N-dealkylation sites (tertiary alicyclic amines) is 1. The molecule has 10 rings (SSSR count). The van der Waals surface area contributed by atoms with Crippen LogP contribution in [0.15, 0.2) is 80.4 Å². The largest absolute Gasteiger partial charge is 0.496 e. The summed E-state index contributed by atoms with van der Waals surface area (Å²) in [6.07, 6.45) is 6.15. The predicted molar refractivity (Wildman–Crippen MR) is 291 cm³/mol. The van der Waals surface area contributed by atoms with E-state index < -0.39 is 64.3 Å². The van der Waals surface area contributed by atoms with Gasteiger partial charge in [0, 0.05) is 42.4 Å². The lowest BCUT2D eigenvalue weighted by Gasteiger charge is -2.30. The molecular weight excluding hydrogens is 1090 g/mol. The molecular formula is C53H54F2N14O10S2. The summed E-state index contributed by atoms with van der Waals surface area (Å²) in [7, 11) is 4.51. The van der Waals surface area contributed by atoms with Crippen LogP contribution in [0.4, 0.5) is 8.78 Å². The second-order valence-corrected chi connectivity index (χ2v) is 20.8. The number of hydrogen-bond donors (Lipinski definition) is 1. The number of thiophene rings is 2. The van der Waals surface area contributed by atoms with Gasteiger partial charge < -0.3 is 29.2 Å². The Bertz CT molecular complexity index is 3990. The molecule has 2 aromatic carbocycles. The first-order valence-corrected chi connectivity index (χ1v) is 27.2. The van der Waals surface area contributed by atoms with E-state index in [4.69, 9.17) is 29.5 Å². The topological polar surface area (TPSA) is 283 Å². The highest BCUT2D eigenvalue weighted by molar-refractivity contribution is 7.21. The highest BCUT2D eigenvalue weighted by Gasteiger charge is 2.35. The molecule has 2 saturated heterocycles. The minimum Gasteiger partial charge on any atom is -0.496 e. The minimum atomic E-state index is -0.989. The van der Waals surface area contributed by atoms with Gasteiger partial charge in [0.25, 0.3) is 11.1 Å². The van der Waals surface area contributed by atoms with Gasteiger partial charge in [-0.15, -0.1) is 9.59 Å². The molecule has 422 valence electrons. The normalized spacial score (nSPS) is 16.1. The molecule has 8 heterocycles. The molecule has 0 saturated carbocycles. The molecule has 0 radical (unpaired) electrons. The summed E-state index contributed by atoms with van der Waals surface area (Å²) in [5.41, 5.74) is -0.801. The van der Waals surface area contributed by atoms with E-state index in [1.54, 1.807) is 20.9 Å². The van der Waals surface area contributed by atoms with Crippen molar-refractivity contribution in [3.05, 3.63) is 137 Å². The van der Waals surface area contributed by atoms with Crippen molar-refractivity contribution in [3.8, 4) is 33.6 Å². The quantitative estimate of drug-likeness (QED) is 0.109. The molecule has 24 nitrogen and oxygen atoms in total. The number of nitrogens with one attached hydrogen (secondary N) is 1. The summed E-state index contributed by atoms with van der Waals surface area (Å²) in [6.45, 7) is 4.18. The van der Waals surface area contributed by atoms with Crippen molar-refractivity contribution in [1.29, 1.82) is 10.5 Å². The molecule has 4 atom stereocenters. The van der Waals surface area contributed by atoms with Crippen LogP contribution in [0.3, 0.4) is 0 Å². The van der Waals surface area contributed by atoms with Crippen molar-refractivity contribution in [2.75, 3.05) is 47.6 Å². The van der Waals surface area contributed by atoms with E-state index in [1.165, 1.54) is 99.0 Å². The lowest BCUT2D eigenvalue weighted by atomic mass is 10.0. The number of benzene rings is 2. The number of nitrogens with zero attached hydrogens (tertiary/aromatic N) is 13. The van der Waals surface area contributed by atoms with E-state index in [0.717, 1.165) is 31.8 Å². The van der Waals surface area contributed by atoms with Crippen LogP contribution in [0.1, 0.15) is 85.1 Å². The Balaban J connectivity index is 0.000000196. The predicted octanol–water partition coefficient (Wildman–Crippen LogP) is 5.11. The molecule has 2 fully saturated rings. The van der Waals surface area contributed by atoms with E-state index in [-0.39, 0.29) is 55.8 Å². The average Bonchev–Trinajstić information content (AvgIpc) is 4.49. The number of methoxy groups -OCH3 is 2. The van der Waals surface area contributed by atoms with Crippen LogP contribution < -0.4 is 37.3 Å². The second kappa shape index (κ2) is 24.8. The molecule has 8 aromatic rings. The number of aryl methyl sites for hydroxylation is 2. The van der Waals surface area contributed by atoms with E-state index in [9.17, 15) is 37.5 Å². The van der Waals surface area contributed by atoms with E-state index in [0.29, 0.717) is 92.2 Å². The van der Waals surface area contributed by atoms with Crippen molar-refractivity contribution in [2.24, 2.45) is 0 Å². The van der Waals surface area contributed by atoms with E-state index in [2.05, 4.69) is 25.7 Å². The zero-order valence-electron chi connectivity index (χ0n) is 44.5. The molecule has 28 heteroatoms. The van der Waals surface area contributed by atoms with Crippen LogP contribution in [-0.4, -0.2) is 113 Å². The molecule has 81 heavy (non-hydrogen) atoms. The standard InChI is InChI=1S/C27H28FN7O5S.C26H26FN7O5S/c1-16-22-24(37)34(19-6-4-12-32(2)23(19)36)27(38)33(26(22)41-25(16)35-30-10-11-31-35)15-21(40-13-5-9-29)18-14-17(28)7-8-20(18)39-3;1-15-21-23(36)33(18-5-3-9-29-22(18)35)26(37)32(25(21)40-24(15)34-30-10-11-31-34)14-20(39-12-4-8-28)17-13-16(27)6-7-19(17)38-2/h7-8,10-11,14,19,21H,4-6,12-13,15H2,1-3H3;6-7,10-11,13,18,20H,3-5,9,12,14H2,1-2H3,(H,29,35)/t19-,21-;18-,20-/m00/s1. The van der Waals surface area contributed by atoms with Gasteiger partial charge in [-0.3, -0.25) is 28.3 Å². The highest BCUT2D eigenvalue weighted by atomic mass is 32.1. The first kappa shape index (κ1) is 57.0. The number of ether oxygens (including phenoxy) is 4. The smallest absolute Gasteiger partial charge is 0.332 e. The summed E-state index contributed by atoms with van der Waals surface area (Å²) in [4.78, 5) is 87.0. The van der Waals surface area contributed by atoms with Gasteiger partial charge in [-0.1, -0.05) is 22.7 Å². The average molecular weight is 1150 g/mol. The number of piperidine rings is 2. The third-order valence-electron chi connectivity index (χ3n) is 14.0. The fourth-order valence-electron chi connectivity index (χ4n) is 10.1. The van der Waals surface area contributed by atoms with Gasteiger partial charge in [-0.2, -0.15) is 30.9 Å². The number of amides is 2. The summed E-state index contributed by atoms with van der Waals surface area (Å²) >= 11 is 2.30. The Morgan fingerprint density at radius 2 is 1.12 bits per heavy atom. The fourth-order valence-corrected chi connectivity index (χ4v) is 12.5. The molecule has 1 N–H and O–H groups in total. The molecule has 6 aromatic heterocycles. The van der Waals surface area contributed by atoms with Gasteiger partial charge >= 0.3 is 11.4 Å². The first-order chi connectivity index (χ1) is 39.1.